The number of rotatable bonds is 77. The summed E-state index contributed by atoms with van der Waals surface area (Å²) in [5.41, 5.74) is 0. The molecular weight excluding hydrogens is 1110 g/mol. The molecule has 0 aliphatic heterocycles. The lowest BCUT2D eigenvalue weighted by Crippen LogP contribution is -2.45. The number of aliphatic hydroxyl groups excluding tert-OH is 2. The molecule has 0 fully saturated rings. The quantitative estimate of drug-likeness (QED) is 0.0320. The molecule has 0 aliphatic rings. The van der Waals surface area contributed by atoms with Crippen LogP contribution in [0.25, 0.3) is 0 Å². The summed E-state index contributed by atoms with van der Waals surface area (Å²) >= 11 is 0. The van der Waals surface area contributed by atoms with Crippen LogP contribution < -0.4 is 5.32 Å². The van der Waals surface area contributed by atoms with Gasteiger partial charge in [-0.25, -0.2) is 0 Å². The topological polar surface area (TPSA) is 95.9 Å². The largest absolute Gasteiger partial charge is 0.466 e. The van der Waals surface area contributed by atoms with Gasteiger partial charge in [0.25, 0.3) is 0 Å². The lowest BCUT2D eigenvalue weighted by Gasteiger charge is -2.20. The van der Waals surface area contributed by atoms with E-state index in [-0.39, 0.29) is 18.5 Å². The van der Waals surface area contributed by atoms with Crippen molar-refractivity contribution in [1.82, 2.24) is 5.32 Å². The van der Waals surface area contributed by atoms with Crippen molar-refractivity contribution in [2.24, 2.45) is 0 Å². The van der Waals surface area contributed by atoms with Crippen molar-refractivity contribution in [1.29, 1.82) is 0 Å². The Morgan fingerprint density at radius 2 is 0.549 bits per heavy atom. The summed E-state index contributed by atoms with van der Waals surface area (Å²) in [6.45, 7) is 4.92. The predicted octanol–water partition coefficient (Wildman–Crippen LogP) is 27.3. The zero-order valence-corrected chi connectivity index (χ0v) is 61.3. The van der Waals surface area contributed by atoms with E-state index in [1.165, 1.54) is 360 Å². The van der Waals surface area contributed by atoms with Crippen LogP contribution in [0, 0.1) is 0 Å². The number of nitrogens with one attached hydrogen (secondary N) is 1. The highest BCUT2D eigenvalue weighted by molar-refractivity contribution is 5.76. The summed E-state index contributed by atoms with van der Waals surface area (Å²) < 4.78 is 5.49. The van der Waals surface area contributed by atoms with Gasteiger partial charge in [0.15, 0.2) is 0 Å². The molecule has 0 bridgehead atoms. The Bertz CT molecular complexity index is 1570. The minimum absolute atomic E-state index is 0.00334. The van der Waals surface area contributed by atoms with E-state index >= 15 is 0 Å². The molecule has 91 heavy (non-hydrogen) atoms. The van der Waals surface area contributed by atoms with Gasteiger partial charge >= 0.3 is 5.97 Å². The second-order valence-corrected chi connectivity index (χ2v) is 28.1. The number of aliphatic hydroxyl groups is 2. The number of allylic oxidation sites excluding steroid dienone is 9. The van der Waals surface area contributed by atoms with E-state index in [1.54, 1.807) is 6.08 Å². The van der Waals surface area contributed by atoms with Crippen molar-refractivity contribution >= 4 is 11.9 Å². The third-order valence-corrected chi connectivity index (χ3v) is 19.0. The first kappa shape index (κ1) is 88.6. The van der Waals surface area contributed by atoms with Gasteiger partial charge in [-0.3, -0.25) is 9.59 Å². The minimum Gasteiger partial charge on any atom is -0.466 e. The van der Waals surface area contributed by atoms with Gasteiger partial charge in [0.1, 0.15) is 0 Å². The average Bonchev–Trinajstić information content (AvgIpc) is 3.75. The maximum atomic E-state index is 12.6. The molecule has 0 saturated carbocycles. The van der Waals surface area contributed by atoms with E-state index < -0.39 is 12.1 Å². The van der Waals surface area contributed by atoms with Crippen LogP contribution in [0.4, 0.5) is 0 Å². The first-order chi connectivity index (χ1) is 45.0. The summed E-state index contributed by atoms with van der Waals surface area (Å²) in [6.07, 6.45) is 108. The highest BCUT2D eigenvalue weighted by Crippen LogP contribution is 2.19. The van der Waals surface area contributed by atoms with Crippen molar-refractivity contribution in [3.05, 3.63) is 60.8 Å². The molecule has 0 aromatic rings. The number of ether oxygens (including phenoxy) is 1. The van der Waals surface area contributed by atoms with Crippen molar-refractivity contribution < 1.29 is 24.5 Å². The number of esters is 1. The summed E-state index contributed by atoms with van der Waals surface area (Å²) in [6, 6.07) is -0.629. The molecule has 0 aliphatic carbocycles. The fourth-order valence-electron chi connectivity index (χ4n) is 12.8. The number of hydrogen-bond acceptors (Lipinski definition) is 5. The monoisotopic (exact) mass is 1270 g/mol. The molecule has 1 amide bonds. The zero-order valence-electron chi connectivity index (χ0n) is 61.3. The molecule has 2 unspecified atom stereocenters. The molecule has 2 atom stereocenters. The molecule has 0 aromatic carbocycles. The molecule has 0 heterocycles. The van der Waals surface area contributed by atoms with Crippen molar-refractivity contribution in [3.8, 4) is 0 Å². The first-order valence-electron chi connectivity index (χ1n) is 41.1. The van der Waals surface area contributed by atoms with E-state index in [9.17, 15) is 19.8 Å². The molecular formula is C85H159NO5. The Balaban J connectivity index is 3.40. The van der Waals surface area contributed by atoms with Crippen molar-refractivity contribution in [2.75, 3.05) is 13.2 Å². The minimum atomic E-state index is -0.845. The van der Waals surface area contributed by atoms with Gasteiger partial charge in [-0.1, -0.05) is 396 Å². The fourth-order valence-corrected chi connectivity index (χ4v) is 12.8. The van der Waals surface area contributed by atoms with Crippen LogP contribution in [-0.2, 0) is 14.3 Å². The number of hydrogen-bond donors (Lipinski definition) is 3. The Morgan fingerprint density at radius 1 is 0.308 bits per heavy atom. The highest BCUT2D eigenvalue weighted by Gasteiger charge is 2.18. The van der Waals surface area contributed by atoms with Crippen molar-refractivity contribution in [2.45, 2.75) is 456 Å². The maximum absolute atomic E-state index is 12.6. The van der Waals surface area contributed by atoms with Gasteiger partial charge in [0.2, 0.25) is 5.91 Å². The van der Waals surface area contributed by atoms with Crippen LogP contribution >= 0.6 is 0 Å². The second-order valence-electron chi connectivity index (χ2n) is 28.1. The van der Waals surface area contributed by atoms with Gasteiger partial charge < -0.3 is 20.3 Å². The SMILES string of the molecule is CCCCCC/C=C\C/C=C\CCCCCCCC(=O)OCCCCCCCCCCCCC/C=C\C/C=C\CCCCCCCCCCCCCCCCCCCC(=O)NC(CO)C(O)/C=C/CCCCCCCCCCCCCCCCCCCCCCC. The highest BCUT2D eigenvalue weighted by atomic mass is 16.5. The molecule has 6 nitrogen and oxygen atoms in total. The average molecular weight is 1280 g/mol. The molecule has 0 saturated heterocycles. The standard InChI is InChI=1S/C85H159NO5/c1-3-5-7-9-11-13-15-17-19-21-22-23-37-40-43-46-49-53-57-61-65-69-73-77-83(88)82(81-87)86-84(89)78-74-70-66-62-58-54-50-47-44-41-38-35-33-31-29-27-25-24-26-28-30-32-34-36-39-42-45-48-52-56-60-64-68-72-76-80-91-85(90)79-75-71-67-63-59-55-51-20-18-16-14-12-10-8-6-4-2/h14,16,20,26,28,32,34,51,73,77,82-83,87-88H,3-13,15,17-19,21-25,27,29-31,33,35-50,52-72,74-76,78-81H2,1-2H3,(H,86,89)/b16-14-,28-26-,34-32-,51-20-,77-73+. The van der Waals surface area contributed by atoms with Gasteiger partial charge in [0.05, 0.1) is 25.4 Å². The number of carbonyl (C=O) groups is 2. The number of unbranched alkanes of at least 4 members (excludes halogenated alkanes) is 58. The Labute approximate surface area is 569 Å². The van der Waals surface area contributed by atoms with Crippen LogP contribution in [-0.4, -0.2) is 47.4 Å². The molecule has 0 aromatic heterocycles. The molecule has 0 rings (SSSR count). The predicted molar refractivity (Wildman–Crippen MR) is 402 cm³/mol. The molecule has 0 spiro atoms. The fraction of sp³-hybridized carbons (Fsp3) is 0.859. The van der Waals surface area contributed by atoms with E-state index in [0.717, 1.165) is 57.8 Å². The third-order valence-electron chi connectivity index (χ3n) is 19.0. The Kier molecular flexibility index (Phi) is 77.9. The Hall–Kier alpha value is -2.44. The summed E-state index contributed by atoms with van der Waals surface area (Å²) in [5, 5.41) is 23.3. The number of amides is 1. The number of carbonyl (C=O) groups excluding carboxylic acids is 2. The Morgan fingerprint density at radius 3 is 0.846 bits per heavy atom. The summed E-state index contributed by atoms with van der Waals surface area (Å²) in [4.78, 5) is 24.6. The lowest BCUT2D eigenvalue weighted by molar-refractivity contribution is -0.143. The smallest absolute Gasteiger partial charge is 0.305 e. The van der Waals surface area contributed by atoms with Crippen LogP contribution in [0.3, 0.4) is 0 Å². The van der Waals surface area contributed by atoms with Crippen LogP contribution in [0.5, 0.6) is 0 Å². The van der Waals surface area contributed by atoms with Gasteiger partial charge in [0, 0.05) is 12.8 Å². The summed E-state index contributed by atoms with van der Waals surface area (Å²) in [7, 11) is 0. The van der Waals surface area contributed by atoms with Crippen LogP contribution in [0.2, 0.25) is 0 Å². The maximum Gasteiger partial charge on any atom is 0.305 e. The zero-order chi connectivity index (χ0) is 65.6. The first-order valence-corrected chi connectivity index (χ1v) is 41.1. The molecule has 3 N–H and O–H groups in total. The molecule has 0 radical (unpaired) electrons. The third kappa shape index (κ3) is 76.5. The van der Waals surface area contributed by atoms with Gasteiger partial charge in [-0.15, -0.1) is 0 Å². The van der Waals surface area contributed by atoms with E-state index in [0.29, 0.717) is 19.4 Å². The second kappa shape index (κ2) is 80.0. The normalized spacial score (nSPS) is 12.8. The van der Waals surface area contributed by atoms with Gasteiger partial charge in [-0.2, -0.15) is 0 Å². The van der Waals surface area contributed by atoms with E-state index in [2.05, 4.69) is 67.8 Å². The van der Waals surface area contributed by atoms with E-state index in [1.807, 2.05) is 6.08 Å². The van der Waals surface area contributed by atoms with E-state index in [4.69, 9.17) is 4.74 Å². The lowest BCUT2D eigenvalue weighted by atomic mass is 10.0. The van der Waals surface area contributed by atoms with Gasteiger partial charge in [-0.05, 0) is 96.3 Å². The van der Waals surface area contributed by atoms with Crippen LogP contribution in [0.1, 0.15) is 444 Å². The molecule has 534 valence electrons. The summed E-state index contributed by atoms with van der Waals surface area (Å²) in [5.74, 6) is -0.0580. The van der Waals surface area contributed by atoms with Crippen molar-refractivity contribution in [3.63, 3.8) is 0 Å². The molecule has 6 heteroatoms. The van der Waals surface area contributed by atoms with Crippen LogP contribution in [0.15, 0.2) is 60.8 Å².